The molecule has 4 heterocycles. The molecule has 0 atom stereocenters. The molecule has 4 rings (SSSR count). The number of pyridine rings is 2. The fraction of sp³-hybridized carbons (Fsp3) is 0.286. The van der Waals surface area contributed by atoms with E-state index in [9.17, 15) is 4.79 Å². The summed E-state index contributed by atoms with van der Waals surface area (Å²) in [4.78, 5) is 22.9. The van der Waals surface area contributed by atoms with Crippen LogP contribution in [0.25, 0.3) is 16.6 Å². The Bertz CT molecular complexity index is 1060. The Labute approximate surface area is 172 Å². The monoisotopic (exact) mass is 440 g/mol. The van der Waals surface area contributed by atoms with E-state index in [4.69, 9.17) is 4.74 Å². The Balaban J connectivity index is 1.46. The van der Waals surface area contributed by atoms with Gasteiger partial charge in [-0.2, -0.15) is 0 Å². The molecule has 1 aliphatic rings. The number of rotatable bonds is 4. The molecule has 0 radical (unpaired) electrons. The van der Waals surface area contributed by atoms with Crippen LogP contribution in [-0.2, 0) is 18.3 Å². The lowest BCUT2D eigenvalue weighted by Crippen LogP contribution is -2.29. The van der Waals surface area contributed by atoms with E-state index in [1.165, 1.54) is 18.4 Å². The number of aryl methyl sites for hydroxylation is 1. The SMILES string of the molecule is COC(=O)c1ccc(C2=CCN(Cc3cc4c(Br)ccnc4n3C)CC2)nc1. The number of hydrogen-bond donors (Lipinski definition) is 0. The molecule has 6 nitrogen and oxygen atoms in total. The Kier molecular flexibility index (Phi) is 5.28. The van der Waals surface area contributed by atoms with E-state index in [1.54, 1.807) is 12.3 Å². The third-order valence-corrected chi connectivity index (χ3v) is 5.86. The number of fused-ring (bicyclic) bond motifs is 1. The molecule has 0 saturated heterocycles. The van der Waals surface area contributed by atoms with Crippen LogP contribution in [0.1, 0.15) is 28.2 Å². The van der Waals surface area contributed by atoms with E-state index in [-0.39, 0.29) is 5.97 Å². The normalized spacial score (nSPS) is 14.9. The minimum absolute atomic E-state index is 0.362. The average Bonchev–Trinajstić information content (AvgIpc) is 3.05. The van der Waals surface area contributed by atoms with Crippen LogP contribution in [0.3, 0.4) is 0 Å². The number of carbonyl (C=O) groups excluding carboxylic acids is 1. The zero-order chi connectivity index (χ0) is 19.7. The van der Waals surface area contributed by atoms with Crippen molar-refractivity contribution in [3.8, 4) is 0 Å². The van der Waals surface area contributed by atoms with Gasteiger partial charge in [0.05, 0.1) is 18.4 Å². The largest absolute Gasteiger partial charge is 0.465 e. The lowest BCUT2D eigenvalue weighted by Gasteiger charge is -2.26. The van der Waals surface area contributed by atoms with Crippen LogP contribution in [0.5, 0.6) is 0 Å². The van der Waals surface area contributed by atoms with Gasteiger partial charge in [0.25, 0.3) is 0 Å². The van der Waals surface area contributed by atoms with Gasteiger partial charge in [-0.1, -0.05) is 6.08 Å². The lowest BCUT2D eigenvalue weighted by atomic mass is 10.0. The molecular formula is C21H21BrN4O2. The molecule has 1 aliphatic heterocycles. The summed E-state index contributed by atoms with van der Waals surface area (Å²) in [6, 6.07) is 7.84. The maximum absolute atomic E-state index is 11.5. The molecule has 28 heavy (non-hydrogen) atoms. The van der Waals surface area contributed by atoms with Crippen LogP contribution in [0, 0.1) is 0 Å². The Morgan fingerprint density at radius 3 is 2.79 bits per heavy atom. The summed E-state index contributed by atoms with van der Waals surface area (Å²) in [7, 11) is 3.44. The summed E-state index contributed by atoms with van der Waals surface area (Å²) in [6.07, 6.45) is 6.55. The maximum atomic E-state index is 11.5. The van der Waals surface area contributed by atoms with Gasteiger partial charge in [-0.25, -0.2) is 9.78 Å². The van der Waals surface area contributed by atoms with Gasteiger partial charge in [-0.05, 0) is 52.2 Å². The molecule has 0 unspecified atom stereocenters. The highest BCUT2D eigenvalue weighted by atomic mass is 79.9. The van der Waals surface area contributed by atoms with Crippen LogP contribution < -0.4 is 0 Å². The summed E-state index contributed by atoms with van der Waals surface area (Å²) in [6.45, 7) is 2.70. The minimum atomic E-state index is -0.362. The zero-order valence-corrected chi connectivity index (χ0v) is 17.4. The Hall–Kier alpha value is -2.51. The standard InChI is InChI=1S/C21H21BrN4O2/c1-25-16(11-17-18(22)5-8-23-20(17)25)13-26-9-6-14(7-10-26)19-4-3-15(12-24-19)21(27)28-2/h3-6,8,11-12H,7,9-10,13H2,1-2H3. The first-order chi connectivity index (χ1) is 13.6. The third-order valence-electron chi connectivity index (χ3n) is 5.17. The Morgan fingerprint density at radius 1 is 1.29 bits per heavy atom. The number of nitrogens with zero attached hydrogens (tertiary/aromatic N) is 4. The van der Waals surface area contributed by atoms with Crippen LogP contribution >= 0.6 is 15.9 Å². The molecule has 0 aliphatic carbocycles. The smallest absolute Gasteiger partial charge is 0.339 e. The van der Waals surface area contributed by atoms with Gasteiger partial charge in [0, 0.05) is 54.6 Å². The van der Waals surface area contributed by atoms with Crippen LogP contribution in [0.15, 0.2) is 47.2 Å². The molecule has 0 amide bonds. The molecule has 0 spiro atoms. The van der Waals surface area contributed by atoms with E-state index in [2.05, 4.69) is 54.6 Å². The highest BCUT2D eigenvalue weighted by Gasteiger charge is 2.17. The van der Waals surface area contributed by atoms with Crippen molar-refractivity contribution in [1.82, 2.24) is 19.4 Å². The number of methoxy groups -OCH3 is 1. The van der Waals surface area contributed by atoms with Gasteiger partial charge < -0.3 is 9.30 Å². The fourth-order valence-electron chi connectivity index (χ4n) is 3.53. The van der Waals surface area contributed by atoms with Gasteiger partial charge in [0.15, 0.2) is 0 Å². The van der Waals surface area contributed by atoms with Crippen molar-refractivity contribution in [1.29, 1.82) is 0 Å². The molecular weight excluding hydrogens is 420 g/mol. The van der Waals surface area contributed by atoms with Gasteiger partial charge in [0.1, 0.15) is 5.65 Å². The molecule has 0 fully saturated rings. The van der Waals surface area contributed by atoms with E-state index in [0.29, 0.717) is 5.56 Å². The van der Waals surface area contributed by atoms with Gasteiger partial charge in [-0.15, -0.1) is 0 Å². The number of aromatic nitrogens is 3. The Morgan fingerprint density at radius 2 is 2.14 bits per heavy atom. The van der Waals surface area contributed by atoms with E-state index in [0.717, 1.165) is 47.3 Å². The average molecular weight is 441 g/mol. The molecule has 0 saturated carbocycles. The quantitative estimate of drug-likeness (QED) is 0.577. The number of carbonyl (C=O) groups is 1. The molecule has 3 aromatic rings. The predicted molar refractivity (Wildman–Crippen MR) is 112 cm³/mol. The van der Waals surface area contributed by atoms with Crippen molar-refractivity contribution in [2.24, 2.45) is 7.05 Å². The predicted octanol–water partition coefficient (Wildman–Crippen LogP) is 3.81. The molecule has 0 bridgehead atoms. The summed E-state index contributed by atoms with van der Waals surface area (Å²) >= 11 is 3.61. The third kappa shape index (κ3) is 3.59. The van der Waals surface area contributed by atoms with E-state index in [1.807, 2.05) is 18.3 Å². The first kappa shape index (κ1) is 18.8. The molecule has 3 aromatic heterocycles. The molecule has 0 N–H and O–H groups in total. The van der Waals surface area contributed by atoms with Crippen molar-refractivity contribution < 1.29 is 9.53 Å². The minimum Gasteiger partial charge on any atom is -0.465 e. The summed E-state index contributed by atoms with van der Waals surface area (Å²) in [5.74, 6) is -0.362. The highest BCUT2D eigenvalue weighted by molar-refractivity contribution is 9.10. The second-order valence-corrected chi connectivity index (χ2v) is 7.72. The van der Waals surface area contributed by atoms with Crippen molar-refractivity contribution in [2.45, 2.75) is 13.0 Å². The number of ether oxygens (including phenoxy) is 1. The van der Waals surface area contributed by atoms with Gasteiger partial charge >= 0.3 is 5.97 Å². The zero-order valence-electron chi connectivity index (χ0n) is 15.9. The first-order valence-corrected chi connectivity index (χ1v) is 9.91. The lowest BCUT2D eigenvalue weighted by molar-refractivity contribution is 0.0600. The number of hydrogen-bond acceptors (Lipinski definition) is 5. The van der Waals surface area contributed by atoms with Gasteiger partial charge in [0.2, 0.25) is 0 Å². The molecule has 0 aromatic carbocycles. The highest BCUT2D eigenvalue weighted by Crippen LogP contribution is 2.27. The van der Waals surface area contributed by atoms with Crippen LogP contribution in [0.2, 0.25) is 0 Å². The van der Waals surface area contributed by atoms with Crippen LogP contribution in [0.4, 0.5) is 0 Å². The second-order valence-electron chi connectivity index (χ2n) is 6.86. The number of halogens is 1. The van der Waals surface area contributed by atoms with Crippen molar-refractivity contribution >= 4 is 38.5 Å². The van der Waals surface area contributed by atoms with Crippen molar-refractivity contribution in [2.75, 3.05) is 20.2 Å². The summed E-state index contributed by atoms with van der Waals surface area (Å²) < 4.78 is 7.95. The second kappa shape index (κ2) is 7.85. The topological polar surface area (TPSA) is 60.2 Å². The van der Waals surface area contributed by atoms with E-state index < -0.39 is 0 Å². The molecule has 144 valence electrons. The summed E-state index contributed by atoms with van der Waals surface area (Å²) in [5.41, 5.74) is 4.85. The van der Waals surface area contributed by atoms with Crippen LogP contribution in [-0.4, -0.2) is 45.6 Å². The number of esters is 1. The van der Waals surface area contributed by atoms with Gasteiger partial charge in [-0.3, -0.25) is 9.88 Å². The van der Waals surface area contributed by atoms with Crippen molar-refractivity contribution in [3.05, 3.63) is 64.2 Å². The van der Waals surface area contributed by atoms with Crippen molar-refractivity contribution in [3.63, 3.8) is 0 Å². The van der Waals surface area contributed by atoms with E-state index >= 15 is 0 Å². The maximum Gasteiger partial charge on any atom is 0.339 e. The molecule has 7 heteroatoms. The summed E-state index contributed by atoms with van der Waals surface area (Å²) in [5, 5.41) is 1.14. The fourth-order valence-corrected chi connectivity index (χ4v) is 3.94. The first-order valence-electron chi connectivity index (χ1n) is 9.11.